The molecule has 0 saturated carbocycles. The van der Waals surface area contributed by atoms with Gasteiger partial charge in [-0.1, -0.05) is 30.3 Å². The van der Waals surface area contributed by atoms with E-state index < -0.39 is 0 Å². The highest BCUT2D eigenvalue weighted by molar-refractivity contribution is 5.78. The van der Waals surface area contributed by atoms with Gasteiger partial charge in [-0.05, 0) is 37.4 Å². The molecule has 0 radical (unpaired) electrons. The molecule has 0 aliphatic carbocycles. The third-order valence-corrected chi connectivity index (χ3v) is 3.24. The van der Waals surface area contributed by atoms with Gasteiger partial charge in [0.1, 0.15) is 0 Å². The number of amides is 1. The molecule has 2 N–H and O–H groups in total. The van der Waals surface area contributed by atoms with Crippen molar-refractivity contribution >= 4 is 5.91 Å². The SMILES string of the molecule is O=C(Cc1ccccc1)NCCC1CCNC1. The molecule has 2 rings (SSSR count). The second-order valence-electron chi connectivity index (χ2n) is 4.66. The number of carbonyl (C=O) groups is 1. The lowest BCUT2D eigenvalue weighted by Gasteiger charge is -2.09. The summed E-state index contributed by atoms with van der Waals surface area (Å²) >= 11 is 0. The summed E-state index contributed by atoms with van der Waals surface area (Å²) in [7, 11) is 0. The van der Waals surface area contributed by atoms with Crippen molar-refractivity contribution in [2.45, 2.75) is 19.3 Å². The van der Waals surface area contributed by atoms with E-state index in [0.29, 0.717) is 6.42 Å². The molecule has 1 aliphatic rings. The average Bonchev–Trinajstić information content (AvgIpc) is 2.83. The van der Waals surface area contributed by atoms with E-state index in [1.54, 1.807) is 0 Å². The molecule has 1 aliphatic heterocycles. The Bertz CT molecular complexity index is 344. The molecule has 92 valence electrons. The maximum Gasteiger partial charge on any atom is 0.224 e. The predicted molar refractivity (Wildman–Crippen MR) is 68.7 cm³/mol. The molecule has 17 heavy (non-hydrogen) atoms. The maximum absolute atomic E-state index is 11.7. The molecule has 0 aromatic heterocycles. The number of carbonyl (C=O) groups excluding carboxylic acids is 1. The van der Waals surface area contributed by atoms with Crippen molar-refractivity contribution in [3.8, 4) is 0 Å². The van der Waals surface area contributed by atoms with Crippen LogP contribution in [0.25, 0.3) is 0 Å². The van der Waals surface area contributed by atoms with Gasteiger partial charge in [-0.3, -0.25) is 4.79 Å². The van der Waals surface area contributed by atoms with Gasteiger partial charge in [0.25, 0.3) is 0 Å². The minimum absolute atomic E-state index is 0.127. The zero-order valence-corrected chi connectivity index (χ0v) is 10.1. The van der Waals surface area contributed by atoms with Gasteiger partial charge in [-0.25, -0.2) is 0 Å². The summed E-state index contributed by atoms with van der Waals surface area (Å²) < 4.78 is 0. The van der Waals surface area contributed by atoms with Crippen LogP contribution in [0.3, 0.4) is 0 Å². The normalized spacial score (nSPS) is 19.2. The van der Waals surface area contributed by atoms with Crippen molar-refractivity contribution in [2.75, 3.05) is 19.6 Å². The van der Waals surface area contributed by atoms with Crippen molar-refractivity contribution in [2.24, 2.45) is 5.92 Å². The van der Waals surface area contributed by atoms with Gasteiger partial charge >= 0.3 is 0 Å². The highest BCUT2D eigenvalue weighted by Gasteiger charge is 2.13. The van der Waals surface area contributed by atoms with Crippen LogP contribution in [0, 0.1) is 5.92 Å². The van der Waals surface area contributed by atoms with E-state index in [4.69, 9.17) is 0 Å². The van der Waals surface area contributed by atoms with Crippen LogP contribution >= 0.6 is 0 Å². The Morgan fingerprint density at radius 2 is 2.18 bits per heavy atom. The molecule has 1 aromatic rings. The molecule has 1 aromatic carbocycles. The summed E-state index contributed by atoms with van der Waals surface area (Å²) in [6.45, 7) is 3.04. The molecular weight excluding hydrogens is 212 g/mol. The summed E-state index contributed by atoms with van der Waals surface area (Å²) in [6.07, 6.45) is 2.83. The van der Waals surface area contributed by atoms with Crippen molar-refractivity contribution in [1.29, 1.82) is 0 Å². The number of hydrogen-bond acceptors (Lipinski definition) is 2. The monoisotopic (exact) mass is 232 g/mol. The fraction of sp³-hybridized carbons (Fsp3) is 0.500. The third kappa shape index (κ3) is 4.19. The minimum Gasteiger partial charge on any atom is -0.356 e. The van der Waals surface area contributed by atoms with E-state index in [9.17, 15) is 4.79 Å². The summed E-state index contributed by atoms with van der Waals surface area (Å²) in [5, 5.41) is 6.33. The highest BCUT2D eigenvalue weighted by atomic mass is 16.1. The van der Waals surface area contributed by atoms with Crippen LogP contribution in [-0.4, -0.2) is 25.5 Å². The molecule has 1 saturated heterocycles. The molecule has 1 unspecified atom stereocenters. The van der Waals surface area contributed by atoms with Gasteiger partial charge in [0.2, 0.25) is 5.91 Å². The zero-order valence-electron chi connectivity index (χ0n) is 10.1. The smallest absolute Gasteiger partial charge is 0.224 e. The quantitative estimate of drug-likeness (QED) is 0.804. The highest BCUT2D eigenvalue weighted by Crippen LogP contribution is 2.10. The van der Waals surface area contributed by atoms with E-state index in [0.717, 1.165) is 37.5 Å². The number of nitrogens with one attached hydrogen (secondary N) is 2. The van der Waals surface area contributed by atoms with E-state index >= 15 is 0 Å². The van der Waals surface area contributed by atoms with Crippen LogP contribution in [0.15, 0.2) is 30.3 Å². The van der Waals surface area contributed by atoms with Crippen LogP contribution in [0.2, 0.25) is 0 Å². The number of rotatable bonds is 5. The maximum atomic E-state index is 11.7. The number of hydrogen-bond donors (Lipinski definition) is 2. The number of benzene rings is 1. The Morgan fingerprint density at radius 1 is 1.35 bits per heavy atom. The Morgan fingerprint density at radius 3 is 2.88 bits per heavy atom. The van der Waals surface area contributed by atoms with Crippen LogP contribution in [-0.2, 0) is 11.2 Å². The molecule has 0 bridgehead atoms. The van der Waals surface area contributed by atoms with E-state index in [1.807, 2.05) is 30.3 Å². The van der Waals surface area contributed by atoms with Gasteiger partial charge in [-0.2, -0.15) is 0 Å². The lowest BCUT2D eigenvalue weighted by molar-refractivity contribution is -0.120. The molecule has 1 heterocycles. The molecule has 1 amide bonds. The Balaban J connectivity index is 1.64. The first-order valence-corrected chi connectivity index (χ1v) is 6.36. The average molecular weight is 232 g/mol. The second kappa shape index (κ2) is 6.40. The van der Waals surface area contributed by atoms with Gasteiger partial charge in [0.05, 0.1) is 6.42 Å². The Kier molecular flexibility index (Phi) is 4.56. The topological polar surface area (TPSA) is 41.1 Å². The Hall–Kier alpha value is -1.35. The zero-order chi connectivity index (χ0) is 11.9. The molecule has 3 heteroatoms. The van der Waals surface area contributed by atoms with Crippen molar-refractivity contribution in [1.82, 2.24) is 10.6 Å². The van der Waals surface area contributed by atoms with Crippen molar-refractivity contribution in [3.63, 3.8) is 0 Å². The molecular formula is C14H20N2O. The first kappa shape index (κ1) is 12.1. The van der Waals surface area contributed by atoms with Crippen molar-refractivity contribution in [3.05, 3.63) is 35.9 Å². The second-order valence-corrected chi connectivity index (χ2v) is 4.66. The fourth-order valence-electron chi connectivity index (χ4n) is 2.22. The van der Waals surface area contributed by atoms with Gasteiger partial charge in [0, 0.05) is 6.54 Å². The van der Waals surface area contributed by atoms with Crippen LogP contribution < -0.4 is 10.6 Å². The summed E-state index contributed by atoms with van der Waals surface area (Å²) in [4.78, 5) is 11.7. The minimum atomic E-state index is 0.127. The predicted octanol–water partition coefficient (Wildman–Crippen LogP) is 1.34. The van der Waals surface area contributed by atoms with Crippen molar-refractivity contribution < 1.29 is 4.79 Å². The molecule has 1 atom stereocenters. The largest absolute Gasteiger partial charge is 0.356 e. The van der Waals surface area contributed by atoms with Gasteiger partial charge in [-0.15, -0.1) is 0 Å². The summed E-state index contributed by atoms with van der Waals surface area (Å²) in [5.41, 5.74) is 1.08. The van der Waals surface area contributed by atoms with Crippen LogP contribution in [0.1, 0.15) is 18.4 Å². The first-order chi connectivity index (χ1) is 8.34. The first-order valence-electron chi connectivity index (χ1n) is 6.36. The van der Waals surface area contributed by atoms with Gasteiger partial charge < -0.3 is 10.6 Å². The van der Waals surface area contributed by atoms with E-state index in [-0.39, 0.29) is 5.91 Å². The molecule has 1 fully saturated rings. The van der Waals surface area contributed by atoms with E-state index in [2.05, 4.69) is 10.6 Å². The fourth-order valence-corrected chi connectivity index (χ4v) is 2.22. The van der Waals surface area contributed by atoms with Crippen LogP contribution in [0.5, 0.6) is 0 Å². The lowest BCUT2D eigenvalue weighted by Crippen LogP contribution is -2.27. The Labute approximate surface area is 103 Å². The van der Waals surface area contributed by atoms with Gasteiger partial charge in [0.15, 0.2) is 0 Å². The lowest BCUT2D eigenvalue weighted by atomic mass is 10.1. The summed E-state index contributed by atoms with van der Waals surface area (Å²) in [5.74, 6) is 0.870. The third-order valence-electron chi connectivity index (χ3n) is 3.24. The molecule has 3 nitrogen and oxygen atoms in total. The van der Waals surface area contributed by atoms with Crippen LogP contribution in [0.4, 0.5) is 0 Å². The molecule has 0 spiro atoms. The van der Waals surface area contributed by atoms with E-state index in [1.165, 1.54) is 6.42 Å². The summed E-state index contributed by atoms with van der Waals surface area (Å²) in [6, 6.07) is 9.87. The standard InChI is InChI=1S/C14H20N2O/c17-14(10-12-4-2-1-3-5-12)16-9-7-13-6-8-15-11-13/h1-5,13,15H,6-11H2,(H,16,17).